The third-order valence-corrected chi connectivity index (χ3v) is 5.29. The zero-order chi connectivity index (χ0) is 22.9. The molecule has 32 heavy (non-hydrogen) atoms. The van der Waals surface area contributed by atoms with Crippen LogP contribution in [0.3, 0.4) is 0 Å². The highest BCUT2D eigenvalue weighted by atomic mass is 16.3. The summed E-state index contributed by atoms with van der Waals surface area (Å²) >= 11 is 0. The molecule has 1 unspecified atom stereocenters. The van der Waals surface area contributed by atoms with Crippen molar-refractivity contribution in [1.82, 2.24) is 20.2 Å². The summed E-state index contributed by atoms with van der Waals surface area (Å²) in [4.78, 5) is 22.3. The number of nitrogens with one attached hydrogen (secondary N) is 1. The number of aryl methyl sites for hydroxylation is 2. The van der Waals surface area contributed by atoms with E-state index >= 15 is 0 Å². The summed E-state index contributed by atoms with van der Waals surface area (Å²) in [6.07, 6.45) is 3.44. The van der Waals surface area contributed by atoms with Crippen LogP contribution in [0.5, 0.6) is 0 Å². The van der Waals surface area contributed by atoms with Gasteiger partial charge in [-0.1, -0.05) is 42.5 Å². The molecule has 7 nitrogen and oxygen atoms in total. The molecule has 7 heteroatoms. The Morgan fingerprint density at radius 3 is 2.56 bits per heavy atom. The van der Waals surface area contributed by atoms with E-state index in [0.29, 0.717) is 32.6 Å². The summed E-state index contributed by atoms with van der Waals surface area (Å²) in [6.45, 7) is 5.96. The Balaban J connectivity index is 1.81. The SMILES string of the molecule is Cc1cnc(CN(Cc2ncccc2-c2ccccc2)CC(O)CCNC(N)=O)c(C)c1. The second kappa shape index (κ2) is 11.4. The van der Waals surface area contributed by atoms with Gasteiger partial charge in [0.15, 0.2) is 0 Å². The molecule has 0 aliphatic heterocycles. The van der Waals surface area contributed by atoms with Crippen LogP contribution < -0.4 is 11.1 Å². The zero-order valence-electron chi connectivity index (χ0n) is 18.7. The first-order valence-corrected chi connectivity index (χ1v) is 10.8. The minimum absolute atomic E-state index is 0.324. The van der Waals surface area contributed by atoms with E-state index in [1.807, 2.05) is 37.4 Å². The van der Waals surface area contributed by atoms with E-state index in [1.165, 1.54) is 0 Å². The molecular formula is C25H31N5O2. The maximum Gasteiger partial charge on any atom is 0.312 e. The number of hydrogen-bond acceptors (Lipinski definition) is 5. The van der Waals surface area contributed by atoms with Crippen LogP contribution in [-0.2, 0) is 13.1 Å². The van der Waals surface area contributed by atoms with Crippen molar-refractivity contribution in [2.45, 2.75) is 39.5 Å². The molecule has 3 rings (SSSR count). The average Bonchev–Trinajstić information content (AvgIpc) is 2.76. The van der Waals surface area contributed by atoms with Crippen molar-refractivity contribution >= 4 is 6.03 Å². The molecule has 0 aliphatic rings. The van der Waals surface area contributed by atoms with E-state index < -0.39 is 12.1 Å². The number of nitrogens with zero attached hydrogens (tertiary/aromatic N) is 3. The summed E-state index contributed by atoms with van der Waals surface area (Å²) in [6, 6.07) is 15.7. The Morgan fingerprint density at radius 2 is 1.84 bits per heavy atom. The second-order valence-corrected chi connectivity index (χ2v) is 8.04. The Morgan fingerprint density at radius 1 is 1.09 bits per heavy atom. The third kappa shape index (κ3) is 6.87. The first-order chi connectivity index (χ1) is 15.4. The maximum absolute atomic E-state index is 10.9. The third-order valence-electron chi connectivity index (χ3n) is 5.29. The number of primary amides is 1. The molecule has 168 valence electrons. The van der Waals surface area contributed by atoms with Crippen LogP contribution in [0.1, 0.15) is 28.9 Å². The van der Waals surface area contributed by atoms with Crippen LogP contribution in [0.2, 0.25) is 0 Å². The number of nitrogens with two attached hydrogens (primary N) is 1. The fourth-order valence-corrected chi connectivity index (χ4v) is 3.71. The van der Waals surface area contributed by atoms with Gasteiger partial charge in [-0.25, -0.2) is 4.79 Å². The number of benzene rings is 1. The molecule has 2 amide bonds. The van der Waals surface area contributed by atoms with Crippen molar-refractivity contribution in [1.29, 1.82) is 0 Å². The molecule has 1 aromatic carbocycles. The average molecular weight is 434 g/mol. The van der Waals surface area contributed by atoms with Gasteiger partial charge in [-0.2, -0.15) is 0 Å². The number of aliphatic hydroxyl groups is 1. The molecule has 0 fully saturated rings. The summed E-state index contributed by atoms with van der Waals surface area (Å²) in [5.41, 5.74) is 11.4. The van der Waals surface area contributed by atoms with Gasteiger partial charge in [0.2, 0.25) is 0 Å². The molecule has 2 heterocycles. The molecule has 0 spiro atoms. The minimum atomic E-state index is -0.628. The van der Waals surface area contributed by atoms with Crippen molar-refractivity contribution < 1.29 is 9.90 Å². The van der Waals surface area contributed by atoms with Crippen molar-refractivity contribution in [3.63, 3.8) is 0 Å². The molecule has 3 aromatic rings. The van der Waals surface area contributed by atoms with E-state index in [0.717, 1.165) is 33.6 Å². The van der Waals surface area contributed by atoms with E-state index in [2.05, 4.69) is 51.4 Å². The maximum atomic E-state index is 10.9. The molecule has 1 atom stereocenters. The van der Waals surface area contributed by atoms with Crippen LogP contribution in [0.25, 0.3) is 11.1 Å². The molecule has 2 aromatic heterocycles. The zero-order valence-corrected chi connectivity index (χ0v) is 18.7. The lowest BCUT2D eigenvalue weighted by Gasteiger charge is -2.26. The lowest BCUT2D eigenvalue weighted by atomic mass is 10.0. The van der Waals surface area contributed by atoms with E-state index in [4.69, 9.17) is 5.73 Å². The summed E-state index contributed by atoms with van der Waals surface area (Å²) in [5.74, 6) is 0. The predicted molar refractivity (Wildman–Crippen MR) is 126 cm³/mol. The van der Waals surface area contributed by atoms with E-state index in [9.17, 15) is 9.90 Å². The van der Waals surface area contributed by atoms with Gasteiger partial charge in [0.1, 0.15) is 0 Å². The first kappa shape index (κ1) is 23.4. The normalized spacial score (nSPS) is 12.0. The number of aliphatic hydroxyl groups excluding tert-OH is 1. The standard InChI is InChI=1S/C25H31N5O2/c1-18-13-19(2)23(29-14-18)16-30(15-21(31)10-12-28-25(26)32)17-24-22(9-6-11-27-24)20-7-4-3-5-8-20/h3-9,11,13-14,21,31H,10,12,15-17H2,1-2H3,(H3,26,28,32). The Hall–Kier alpha value is -3.29. The van der Waals surface area contributed by atoms with Gasteiger partial charge in [-0.05, 0) is 43.0 Å². The molecular weight excluding hydrogens is 402 g/mol. The molecule has 0 radical (unpaired) electrons. The molecule has 0 saturated carbocycles. The molecule has 0 aliphatic carbocycles. The van der Waals surface area contributed by atoms with Gasteiger partial charge in [0.25, 0.3) is 0 Å². The number of amides is 2. The number of rotatable bonds is 10. The quantitative estimate of drug-likeness (QED) is 0.456. The van der Waals surface area contributed by atoms with Crippen LogP contribution in [0.15, 0.2) is 60.9 Å². The van der Waals surface area contributed by atoms with Crippen molar-refractivity contribution in [2.24, 2.45) is 5.73 Å². The lowest BCUT2D eigenvalue weighted by molar-refractivity contribution is 0.0968. The van der Waals surface area contributed by atoms with Gasteiger partial charge < -0.3 is 16.2 Å². The first-order valence-electron chi connectivity index (χ1n) is 10.8. The Labute approximate surface area is 189 Å². The minimum Gasteiger partial charge on any atom is -0.392 e. The monoisotopic (exact) mass is 433 g/mol. The Kier molecular flexibility index (Phi) is 8.30. The lowest BCUT2D eigenvalue weighted by Crippen LogP contribution is -2.36. The van der Waals surface area contributed by atoms with Gasteiger partial charge in [0, 0.05) is 44.1 Å². The van der Waals surface area contributed by atoms with E-state index in [1.54, 1.807) is 6.20 Å². The summed E-state index contributed by atoms with van der Waals surface area (Å²) in [7, 11) is 0. The predicted octanol–water partition coefficient (Wildman–Crippen LogP) is 3.18. The van der Waals surface area contributed by atoms with Crippen molar-refractivity contribution in [2.75, 3.05) is 13.1 Å². The second-order valence-electron chi connectivity index (χ2n) is 8.04. The fraction of sp³-hybridized carbons (Fsp3) is 0.320. The highest BCUT2D eigenvalue weighted by Crippen LogP contribution is 2.24. The number of pyridine rings is 2. The highest BCUT2D eigenvalue weighted by Gasteiger charge is 2.17. The number of urea groups is 1. The van der Waals surface area contributed by atoms with Gasteiger partial charge in [-0.3, -0.25) is 14.9 Å². The van der Waals surface area contributed by atoms with Crippen molar-refractivity contribution in [3.05, 3.63) is 83.4 Å². The number of hydrogen-bond donors (Lipinski definition) is 3. The van der Waals surface area contributed by atoms with Gasteiger partial charge in [0.05, 0.1) is 17.5 Å². The van der Waals surface area contributed by atoms with Crippen molar-refractivity contribution in [3.8, 4) is 11.1 Å². The van der Waals surface area contributed by atoms with Crippen LogP contribution in [-0.4, -0.2) is 45.2 Å². The van der Waals surface area contributed by atoms with Gasteiger partial charge in [-0.15, -0.1) is 0 Å². The number of aromatic nitrogens is 2. The summed E-state index contributed by atoms with van der Waals surface area (Å²) < 4.78 is 0. The molecule has 0 bridgehead atoms. The molecule has 4 N–H and O–H groups in total. The smallest absolute Gasteiger partial charge is 0.312 e. The van der Waals surface area contributed by atoms with Crippen LogP contribution >= 0.6 is 0 Å². The highest BCUT2D eigenvalue weighted by molar-refractivity contribution is 5.71. The largest absolute Gasteiger partial charge is 0.392 e. The fourth-order valence-electron chi connectivity index (χ4n) is 3.71. The van der Waals surface area contributed by atoms with E-state index in [-0.39, 0.29) is 0 Å². The Bertz CT molecular complexity index is 1030. The summed E-state index contributed by atoms with van der Waals surface area (Å²) in [5, 5.41) is 13.1. The van der Waals surface area contributed by atoms with Crippen LogP contribution in [0, 0.1) is 13.8 Å². The number of carbonyl (C=O) groups is 1. The van der Waals surface area contributed by atoms with Crippen LogP contribution in [0.4, 0.5) is 4.79 Å². The molecule has 0 saturated heterocycles. The van der Waals surface area contributed by atoms with Gasteiger partial charge >= 0.3 is 6.03 Å². The topological polar surface area (TPSA) is 104 Å². The number of carbonyl (C=O) groups excluding carboxylic acids is 1.